The molecule has 1 aromatic rings. The number of anilines is 1. The molecule has 0 radical (unpaired) electrons. The van der Waals surface area contributed by atoms with E-state index in [0.29, 0.717) is 6.54 Å². The van der Waals surface area contributed by atoms with Gasteiger partial charge in [-0.25, -0.2) is 0 Å². The maximum Gasteiger partial charge on any atom is 0.236 e. The summed E-state index contributed by atoms with van der Waals surface area (Å²) in [7, 11) is 1.86. The second kappa shape index (κ2) is 5.19. The van der Waals surface area contributed by atoms with Crippen LogP contribution < -0.4 is 5.73 Å². The number of nitrogens with zero attached hydrogens (tertiary/aromatic N) is 2. The van der Waals surface area contributed by atoms with Crippen molar-refractivity contribution in [3.05, 3.63) is 29.8 Å². The van der Waals surface area contributed by atoms with Gasteiger partial charge in [-0.3, -0.25) is 9.69 Å². The fourth-order valence-electron chi connectivity index (χ4n) is 2.04. The van der Waals surface area contributed by atoms with Crippen LogP contribution in [0.2, 0.25) is 0 Å². The summed E-state index contributed by atoms with van der Waals surface area (Å²) in [4.78, 5) is 15.5. The first kappa shape index (κ1) is 11.9. The number of hydrogen-bond donors (Lipinski definition) is 1. The summed E-state index contributed by atoms with van der Waals surface area (Å²) in [5.41, 5.74) is 7.90. The van der Waals surface area contributed by atoms with E-state index in [-0.39, 0.29) is 5.91 Å². The molecule has 0 bridgehead atoms. The Morgan fingerprint density at radius 2 is 2.06 bits per heavy atom. The molecular weight excluding hydrogens is 214 g/mol. The summed E-state index contributed by atoms with van der Waals surface area (Å²) < 4.78 is 0. The third-order valence-electron chi connectivity index (χ3n) is 3.29. The predicted molar refractivity (Wildman–Crippen MR) is 68.6 cm³/mol. The molecule has 17 heavy (non-hydrogen) atoms. The van der Waals surface area contributed by atoms with Gasteiger partial charge in [0.1, 0.15) is 0 Å². The van der Waals surface area contributed by atoms with E-state index in [9.17, 15) is 4.79 Å². The number of para-hydroxylation sites is 1. The number of amides is 1. The largest absolute Gasteiger partial charge is 0.399 e. The van der Waals surface area contributed by atoms with E-state index in [4.69, 9.17) is 5.73 Å². The number of hydrogen-bond acceptors (Lipinski definition) is 3. The molecule has 0 aromatic heterocycles. The lowest BCUT2D eigenvalue weighted by Gasteiger charge is -2.31. The molecule has 2 rings (SSSR count). The molecule has 0 spiro atoms. The van der Waals surface area contributed by atoms with Crippen LogP contribution in [0.25, 0.3) is 0 Å². The van der Waals surface area contributed by atoms with Gasteiger partial charge in [0.2, 0.25) is 5.91 Å². The van der Waals surface area contributed by atoms with E-state index in [1.54, 1.807) is 4.90 Å². The molecule has 1 amide bonds. The average Bonchev–Trinajstić information content (AvgIpc) is 2.32. The van der Waals surface area contributed by atoms with Crippen molar-refractivity contribution in [1.82, 2.24) is 9.80 Å². The van der Waals surface area contributed by atoms with Crippen LogP contribution in [0.4, 0.5) is 5.69 Å². The number of rotatable bonds is 3. The minimum atomic E-state index is 0.206. The standard InChI is InChI=1S/C13H19N3O/c1-15-8-9-16(10-13(15)17)7-6-11-4-2-3-5-12(11)14/h2-5H,6-10,14H2,1H3. The van der Waals surface area contributed by atoms with E-state index < -0.39 is 0 Å². The van der Waals surface area contributed by atoms with E-state index in [1.165, 1.54) is 5.56 Å². The first-order chi connectivity index (χ1) is 8.16. The highest BCUT2D eigenvalue weighted by molar-refractivity contribution is 5.78. The molecule has 1 saturated heterocycles. The van der Waals surface area contributed by atoms with Gasteiger partial charge in [0.05, 0.1) is 6.54 Å². The molecule has 4 nitrogen and oxygen atoms in total. The normalized spacial score (nSPS) is 17.5. The zero-order valence-electron chi connectivity index (χ0n) is 10.2. The Balaban J connectivity index is 1.87. The van der Waals surface area contributed by atoms with Crippen LogP contribution in [0, 0.1) is 0 Å². The smallest absolute Gasteiger partial charge is 0.236 e. The Hall–Kier alpha value is -1.55. The van der Waals surface area contributed by atoms with Gasteiger partial charge in [-0.1, -0.05) is 18.2 Å². The number of piperazine rings is 1. The number of benzene rings is 1. The lowest BCUT2D eigenvalue weighted by Crippen LogP contribution is -2.48. The van der Waals surface area contributed by atoms with E-state index in [0.717, 1.165) is 31.7 Å². The Kier molecular flexibility index (Phi) is 3.64. The minimum Gasteiger partial charge on any atom is -0.399 e. The maximum atomic E-state index is 11.5. The summed E-state index contributed by atoms with van der Waals surface area (Å²) in [6.07, 6.45) is 0.906. The fourth-order valence-corrected chi connectivity index (χ4v) is 2.04. The van der Waals surface area contributed by atoms with Crippen LogP contribution in [0.5, 0.6) is 0 Å². The van der Waals surface area contributed by atoms with Crippen LogP contribution in [0.1, 0.15) is 5.56 Å². The molecule has 1 heterocycles. The summed E-state index contributed by atoms with van der Waals surface area (Å²) in [5, 5.41) is 0. The van der Waals surface area contributed by atoms with Crippen LogP contribution in [-0.2, 0) is 11.2 Å². The van der Waals surface area contributed by atoms with Crippen molar-refractivity contribution in [2.75, 3.05) is 39.0 Å². The Labute approximate surface area is 102 Å². The van der Waals surface area contributed by atoms with Crippen LogP contribution >= 0.6 is 0 Å². The van der Waals surface area contributed by atoms with Crippen LogP contribution in [-0.4, -0.2) is 48.9 Å². The molecule has 2 N–H and O–H groups in total. The molecule has 4 heteroatoms. The summed E-state index contributed by atoms with van der Waals surface area (Å²) in [5.74, 6) is 0.206. The zero-order valence-corrected chi connectivity index (χ0v) is 10.2. The first-order valence-corrected chi connectivity index (χ1v) is 5.96. The van der Waals surface area contributed by atoms with Crippen molar-refractivity contribution in [2.45, 2.75) is 6.42 Å². The highest BCUT2D eigenvalue weighted by Crippen LogP contribution is 2.12. The van der Waals surface area contributed by atoms with Gasteiger partial charge >= 0.3 is 0 Å². The molecule has 92 valence electrons. The average molecular weight is 233 g/mol. The number of carbonyl (C=O) groups is 1. The van der Waals surface area contributed by atoms with E-state index in [2.05, 4.69) is 4.90 Å². The zero-order chi connectivity index (χ0) is 12.3. The maximum absolute atomic E-state index is 11.5. The summed E-state index contributed by atoms with van der Waals surface area (Å²) in [6, 6.07) is 7.91. The Morgan fingerprint density at radius 3 is 2.76 bits per heavy atom. The van der Waals surface area contributed by atoms with Gasteiger partial charge in [0, 0.05) is 32.4 Å². The molecular formula is C13H19N3O. The monoisotopic (exact) mass is 233 g/mol. The second-order valence-corrected chi connectivity index (χ2v) is 4.54. The Morgan fingerprint density at radius 1 is 1.29 bits per heavy atom. The van der Waals surface area contributed by atoms with Crippen molar-refractivity contribution in [2.24, 2.45) is 0 Å². The Bertz CT molecular complexity index is 405. The summed E-state index contributed by atoms with van der Waals surface area (Å²) in [6.45, 7) is 3.20. The van der Waals surface area contributed by atoms with Gasteiger partial charge in [-0.05, 0) is 18.1 Å². The highest BCUT2D eigenvalue weighted by atomic mass is 16.2. The van der Waals surface area contributed by atoms with Gasteiger partial charge < -0.3 is 10.6 Å². The molecule has 1 aromatic carbocycles. The number of likely N-dealkylation sites (N-methyl/N-ethyl adjacent to an activating group) is 1. The third-order valence-corrected chi connectivity index (χ3v) is 3.29. The molecule has 1 aliphatic rings. The molecule has 1 fully saturated rings. The number of nitrogen functional groups attached to an aromatic ring is 1. The highest BCUT2D eigenvalue weighted by Gasteiger charge is 2.20. The predicted octanol–water partition coefficient (Wildman–Crippen LogP) is 0.585. The van der Waals surface area contributed by atoms with Crippen molar-refractivity contribution in [1.29, 1.82) is 0 Å². The molecule has 0 aliphatic carbocycles. The van der Waals surface area contributed by atoms with Gasteiger partial charge in [-0.15, -0.1) is 0 Å². The van der Waals surface area contributed by atoms with Crippen molar-refractivity contribution in [3.8, 4) is 0 Å². The molecule has 0 atom stereocenters. The van der Waals surface area contributed by atoms with Crippen LogP contribution in [0.15, 0.2) is 24.3 Å². The fraction of sp³-hybridized carbons (Fsp3) is 0.462. The number of nitrogens with two attached hydrogens (primary N) is 1. The van der Waals surface area contributed by atoms with Crippen LogP contribution in [0.3, 0.4) is 0 Å². The molecule has 0 unspecified atom stereocenters. The van der Waals surface area contributed by atoms with Gasteiger partial charge in [0.15, 0.2) is 0 Å². The third kappa shape index (κ3) is 2.97. The van der Waals surface area contributed by atoms with Crippen molar-refractivity contribution in [3.63, 3.8) is 0 Å². The summed E-state index contributed by atoms with van der Waals surface area (Å²) >= 11 is 0. The minimum absolute atomic E-state index is 0.206. The quantitative estimate of drug-likeness (QED) is 0.777. The van der Waals surface area contributed by atoms with Gasteiger partial charge in [0.25, 0.3) is 0 Å². The molecule has 1 aliphatic heterocycles. The van der Waals surface area contributed by atoms with Crippen molar-refractivity contribution < 1.29 is 4.79 Å². The SMILES string of the molecule is CN1CCN(CCc2ccccc2N)CC1=O. The topological polar surface area (TPSA) is 49.6 Å². The van der Waals surface area contributed by atoms with Crippen molar-refractivity contribution >= 4 is 11.6 Å². The molecule has 0 saturated carbocycles. The lowest BCUT2D eigenvalue weighted by molar-refractivity contribution is -0.134. The number of carbonyl (C=O) groups excluding carboxylic acids is 1. The van der Waals surface area contributed by atoms with Gasteiger partial charge in [-0.2, -0.15) is 0 Å². The lowest BCUT2D eigenvalue weighted by atomic mass is 10.1. The second-order valence-electron chi connectivity index (χ2n) is 4.54. The van der Waals surface area contributed by atoms with E-state index >= 15 is 0 Å². The first-order valence-electron chi connectivity index (χ1n) is 5.96. The van der Waals surface area contributed by atoms with E-state index in [1.807, 2.05) is 31.3 Å².